The van der Waals surface area contributed by atoms with Crippen LogP contribution < -0.4 is 0 Å². The molecule has 2 aliphatic carbocycles. The van der Waals surface area contributed by atoms with Crippen molar-refractivity contribution in [2.75, 3.05) is 6.61 Å². The van der Waals surface area contributed by atoms with Gasteiger partial charge in [0, 0.05) is 18.4 Å². The van der Waals surface area contributed by atoms with E-state index < -0.39 is 5.97 Å². The Morgan fingerprint density at radius 1 is 1.31 bits per heavy atom. The number of carbonyl (C=O) groups excluding carboxylic acids is 1. The monoisotopic (exact) mass is 362 g/mol. The van der Waals surface area contributed by atoms with Crippen LogP contribution in [0.2, 0.25) is 0 Å². The Hall–Kier alpha value is -1.58. The molecule has 146 valence electrons. The lowest BCUT2D eigenvalue weighted by Gasteiger charge is -2.58. The van der Waals surface area contributed by atoms with Crippen LogP contribution in [0.5, 0.6) is 0 Å². The predicted molar refractivity (Wildman–Crippen MR) is 103 cm³/mol. The molecule has 0 saturated heterocycles. The van der Waals surface area contributed by atoms with Gasteiger partial charge in [0.15, 0.2) is 0 Å². The van der Waals surface area contributed by atoms with E-state index >= 15 is 0 Å². The van der Waals surface area contributed by atoms with Gasteiger partial charge < -0.3 is 9.84 Å². The molecule has 0 unspecified atom stereocenters. The van der Waals surface area contributed by atoms with Crippen LogP contribution >= 0.6 is 0 Å². The molecule has 0 aromatic heterocycles. The maximum atomic E-state index is 11.4. The van der Waals surface area contributed by atoms with Gasteiger partial charge in [-0.2, -0.15) is 0 Å². The number of esters is 1. The highest BCUT2D eigenvalue weighted by molar-refractivity contribution is 5.80. The first-order valence-corrected chi connectivity index (χ1v) is 9.79. The molecular formula is C22H34O4. The third-order valence-electron chi connectivity index (χ3n) is 6.95. The Bertz CT molecular complexity index is 605. The van der Waals surface area contributed by atoms with Gasteiger partial charge in [0.1, 0.15) is 0 Å². The van der Waals surface area contributed by atoms with E-state index in [0.29, 0.717) is 18.4 Å². The summed E-state index contributed by atoms with van der Waals surface area (Å²) in [7, 11) is 0. The first-order valence-electron chi connectivity index (χ1n) is 9.79. The van der Waals surface area contributed by atoms with Crippen LogP contribution in [0.4, 0.5) is 0 Å². The fraction of sp³-hybridized carbons (Fsp3) is 0.727. The number of rotatable bonds is 6. The zero-order chi connectivity index (χ0) is 19.5. The molecule has 4 atom stereocenters. The molecule has 0 radical (unpaired) electrons. The Morgan fingerprint density at radius 2 is 2.00 bits per heavy atom. The summed E-state index contributed by atoms with van der Waals surface area (Å²) in [6.07, 6.45) is 8.58. The Morgan fingerprint density at radius 3 is 2.62 bits per heavy atom. The van der Waals surface area contributed by atoms with Crippen molar-refractivity contribution in [2.24, 2.45) is 22.7 Å². The van der Waals surface area contributed by atoms with E-state index in [1.807, 2.05) is 6.92 Å². The highest BCUT2D eigenvalue weighted by Crippen LogP contribution is 2.62. The second kappa shape index (κ2) is 7.98. The van der Waals surface area contributed by atoms with Crippen molar-refractivity contribution in [1.82, 2.24) is 0 Å². The van der Waals surface area contributed by atoms with Crippen molar-refractivity contribution in [2.45, 2.75) is 72.6 Å². The molecule has 0 spiro atoms. The van der Waals surface area contributed by atoms with Gasteiger partial charge >= 0.3 is 11.9 Å². The minimum absolute atomic E-state index is 0.0174. The van der Waals surface area contributed by atoms with E-state index in [9.17, 15) is 9.59 Å². The number of carboxylic acids is 1. The van der Waals surface area contributed by atoms with E-state index in [1.165, 1.54) is 25.0 Å². The summed E-state index contributed by atoms with van der Waals surface area (Å²) < 4.78 is 5.45. The van der Waals surface area contributed by atoms with Gasteiger partial charge in [-0.25, -0.2) is 4.79 Å². The van der Waals surface area contributed by atoms with Gasteiger partial charge in [0.05, 0.1) is 6.61 Å². The minimum Gasteiger partial charge on any atom is -0.478 e. The second-order valence-electron chi connectivity index (χ2n) is 8.96. The molecule has 2 aliphatic rings. The number of fused-ring (bicyclic) bond motifs is 1. The number of hydrogen-bond donors (Lipinski definition) is 1. The molecule has 0 aromatic rings. The van der Waals surface area contributed by atoms with Crippen molar-refractivity contribution in [3.05, 3.63) is 23.8 Å². The molecule has 0 heterocycles. The lowest BCUT2D eigenvalue weighted by molar-refractivity contribution is -0.152. The standard InChI is InChI=1S/C22H34O4/c1-15(13-20(24)25)7-9-18-16(2)8-10-19-21(4,14-26-17(3)23)11-6-12-22(18,19)5/h13,18-19H,2,6-12,14H2,1,3-5H3,(H,24,25)/b15-13+/t18-,19-,21-,22+/m1/s1. The average Bonchev–Trinajstić information content (AvgIpc) is 2.51. The molecule has 4 heteroatoms. The van der Waals surface area contributed by atoms with Gasteiger partial charge in [-0.3, -0.25) is 4.79 Å². The quantitative estimate of drug-likeness (QED) is 0.404. The van der Waals surface area contributed by atoms with Crippen molar-refractivity contribution >= 4 is 11.9 Å². The number of allylic oxidation sites excluding steroid dienone is 2. The Balaban J connectivity index is 2.20. The van der Waals surface area contributed by atoms with E-state index in [1.54, 1.807) is 0 Å². The van der Waals surface area contributed by atoms with Crippen LogP contribution in [0.15, 0.2) is 23.8 Å². The summed E-state index contributed by atoms with van der Waals surface area (Å²) in [5, 5.41) is 8.95. The van der Waals surface area contributed by atoms with Gasteiger partial charge in [-0.05, 0) is 62.7 Å². The topological polar surface area (TPSA) is 63.6 Å². The lowest BCUT2D eigenvalue weighted by atomic mass is 9.47. The fourth-order valence-corrected chi connectivity index (χ4v) is 5.71. The average molecular weight is 363 g/mol. The number of carboxylic acid groups (broad SMARTS) is 1. The van der Waals surface area contributed by atoms with E-state index in [0.717, 1.165) is 44.1 Å². The largest absolute Gasteiger partial charge is 0.478 e. The molecular weight excluding hydrogens is 328 g/mol. The molecule has 2 saturated carbocycles. The van der Waals surface area contributed by atoms with E-state index in [4.69, 9.17) is 9.84 Å². The lowest BCUT2D eigenvalue weighted by Crippen LogP contribution is -2.52. The third kappa shape index (κ3) is 4.39. The van der Waals surface area contributed by atoms with Crippen LogP contribution in [0.3, 0.4) is 0 Å². The molecule has 2 rings (SSSR count). The second-order valence-corrected chi connectivity index (χ2v) is 8.96. The first-order chi connectivity index (χ1) is 12.1. The summed E-state index contributed by atoms with van der Waals surface area (Å²) in [5.41, 5.74) is 2.38. The predicted octanol–water partition coefficient (Wildman–Crippen LogP) is 5.14. The van der Waals surface area contributed by atoms with Crippen molar-refractivity contribution in [3.8, 4) is 0 Å². The maximum Gasteiger partial charge on any atom is 0.328 e. The summed E-state index contributed by atoms with van der Waals surface area (Å²) in [6.45, 7) is 12.9. The molecule has 0 aliphatic heterocycles. The number of ether oxygens (including phenoxy) is 1. The summed E-state index contributed by atoms with van der Waals surface area (Å²) in [5.74, 6) is -0.178. The number of aliphatic carboxylic acids is 1. The molecule has 26 heavy (non-hydrogen) atoms. The summed E-state index contributed by atoms with van der Waals surface area (Å²) >= 11 is 0. The van der Waals surface area contributed by atoms with Crippen LogP contribution in [0.25, 0.3) is 0 Å². The Kier molecular flexibility index (Phi) is 6.36. The molecule has 0 amide bonds. The first kappa shape index (κ1) is 20.7. The fourth-order valence-electron chi connectivity index (χ4n) is 5.71. The molecule has 4 nitrogen and oxygen atoms in total. The zero-order valence-electron chi connectivity index (χ0n) is 16.8. The number of hydrogen-bond acceptors (Lipinski definition) is 3. The maximum absolute atomic E-state index is 11.4. The summed E-state index contributed by atoms with van der Waals surface area (Å²) in [6, 6.07) is 0. The highest BCUT2D eigenvalue weighted by Gasteiger charge is 2.54. The van der Waals surface area contributed by atoms with Gasteiger partial charge in [0.2, 0.25) is 0 Å². The third-order valence-corrected chi connectivity index (χ3v) is 6.95. The molecule has 0 bridgehead atoms. The minimum atomic E-state index is -0.874. The Labute approximate surface area is 157 Å². The van der Waals surface area contributed by atoms with Crippen molar-refractivity contribution in [1.29, 1.82) is 0 Å². The van der Waals surface area contributed by atoms with Crippen LogP contribution in [0, 0.1) is 22.7 Å². The summed E-state index contributed by atoms with van der Waals surface area (Å²) in [4.78, 5) is 22.3. The SMILES string of the molecule is C=C1CC[C@@H]2[C@@](C)(COC(C)=O)CCC[C@@]2(C)[C@@H]1CC/C(C)=C/C(=O)O. The van der Waals surface area contributed by atoms with E-state index in [-0.39, 0.29) is 16.8 Å². The van der Waals surface area contributed by atoms with Crippen LogP contribution in [0.1, 0.15) is 72.6 Å². The van der Waals surface area contributed by atoms with E-state index in [2.05, 4.69) is 20.4 Å². The number of carbonyl (C=O) groups is 2. The van der Waals surface area contributed by atoms with Crippen molar-refractivity contribution < 1.29 is 19.4 Å². The zero-order valence-corrected chi connectivity index (χ0v) is 16.8. The van der Waals surface area contributed by atoms with Gasteiger partial charge in [-0.1, -0.05) is 38.0 Å². The van der Waals surface area contributed by atoms with Crippen LogP contribution in [-0.2, 0) is 14.3 Å². The van der Waals surface area contributed by atoms with Crippen molar-refractivity contribution in [3.63, 3.8) is 0 Å². The van der Waals surface area contributed by atoms with Gasteiger partial charge in [-0.15, -0.1) is 0 Å². The van der Waals surface area contributed by atoms with Crippen LogP contribution in [-0.4, -0.2) is 23.7 Å². The normalized spacial score (nSPS) is 34.9. The molecule has 2 fully saturated rings. The molecule has 1 N–H and O–H groups in total. The highest BCUT2D eigenvalue weighted by atomic mass is 16.5. The smallest absolute Gasteiger partial charge is 0.328 e. The van der Waals surface area contributed by atoms with Gasteiger partial charge in [0.25, 0.3) is 0 Å². The molecule has 0 aromatic carbocycles.